The number of benzene rings is 2. The van der Waals surface area contributed by atoms with Gasteiger partial charge < -0.3 is 0 Å². The topological polar surface area (TPSA) is 24.7 Å². The smallest absolute Gasteiger partial charge is 0.0958 e. The molecule has 0 aliphatic heterocycles. The number of hydrogen-bond donors (Lipinski definition) is 0. The molecular formula is C16H16N2. The standard InChI is InChI=1S/C16H16N2/c1-16(2,14-9-5-3-6-10-14)18-13-17-15-11-7-4-8-12-15/h3-12H,1-2H3. The minimum atomic E-state index is -0.306. The van der Waals surface area contributed by atoms with Crippen molar-refractivity contribution in [1.29, 1.82) is 0 Å². The summed E-state index contributed by atoms with van der Waals surface area (Å²) in [6, 6.07) is 22.7. The van der Waals surface area contributed by atoms with Gasteiger partial charge in [-0.05, 0) is 31.5 Å². The maximum Gasteiger partial charge on any atom is 0.0958 e. The normalized spacial score (nSPS) is 10.6. The van der Waals surface area contributed by atoms with Crippen LogP contribution >= 0.6 is 0 Å². The molecule has 0 N–H and O–H groups in total. The zero-order valence-corrected chi connectivity index (χ0v) is 10.7. The van der Waals surface area contributed by atoms with Gasteiger partial charge in [-0.1, -0.05) is 48.5 Å². The highest BCUT2D eigenvalue weighted by atomic mass is 14.9. The fourth-order valence-corrected chi connectivity index (χ4v) is 1.62. The van der Waals surface area contributed by atoms with Crippen molar-refractivity contribution in [2.24, 2.45) is 9.98 Å². The van der Waals surface area contributed by atoms with Crippen LogP contribution in [0.1, 0.15) is 19.4 Å². The Morgan fingerprint density at radius 3 is 2.00 bits per heavy atom. The van der Waals surface area contributed by atoms with Gasteiger partial charge in [0.05, 0.1) is 17.2 Å². The van der Waals surface area contributed by atoms with Gasteiger partial charge in [-0.2, -0.15) is 4.99 Å². The first-order chi connectivity index (χ1) is 8.68. The van der Waals surface area contributed by atoms with E-state index in [1.807, 2.05) is 48.5 Å². The van der Waals surface area contributed by atoms with Crippen LogP contribution < -0.4 is 0 Å². The minimum absolute atomic E-state index is 0.306. The van der Waals surface area contributed by atoms with E-state index in [-0.39, 0.29) is 5.54 Å². The van der Waals surface area contributed by atoms with Crippen LogP contribution in [0, 0.1) is 0 Å². The number of nitrogens with zero attached hydrogens (tertiary/aromatic N) is 2. The first-order valence-electron chi connectivity index (χ1n) is 5.97. The minimum Gasteiger partial charge on any atom is -0.214 e. The Bertz CT molecular complexity index is 550. The summed E-state index contributed by atoms with van der Waals surface area (Å²) >= 11 is 0. The van der Waals surface area contributed by atoms with E-state index in [4.69, 9.17) is 0 Å². The van der Waals surface area contributed by atoms with E-state index >= 15 is 0 Å². The number of para-hydroxylation sites is 1. The monoisotopic (exact) mass is 236 g/mol. The van der Waals surface area contributed by atoms with E-state index < -0.39 is 0 Å². The Morgan fingerprint density at radius 2 is 1.39 bits per heavy atom. The summed E-state index contributed by atoms with van der Waals surface area (Å²) in [6.07, 6.45) is 0. The molecule has 0 aliphatic rings. The Balaban J connectivity index is 2.21. The Labute approximate surface area is 108 Å². The van der Waals surface area contributed by atoms with Gasteiger partial charge in [-0.25, -0.2) is 4.99 Å². The first-order valence-corrected chi connectivity index (χ1v) is 5.97. The summed E-state index contributed by atoms with van der Waals surface area (Å²) in [5.74, 6) is 0. The highest BCUT2D eigenvalue weighted by Gasteiger charge is 2.17. The second kappa shape index (κ2) is 5.44. The van der Waals surface area contributed by atoms with Gasteiger partial charge in [0.15, 0.2) is 0 Å². The highest BCUT2D eigenvalue weighted by molar-refractivity contribution is 5.53. The molecule has 0 saturated heterocycles. The molecule has 0 radical (unpaired) electrons. The molecule has 0 aromatic heterocycles. The summed E-state index contributed by atoms with van der Waals surface area (Å²) < 4.78 is 0. The molecule has 0 amide bonds. The van der Waals surface area contributed by atoms with Crippen molar-refractivity contribution in [3.8, 4) is 0 Å². The molecule has 18 heavy (non-hydrogen) atoms. The maximum absolute atomic E-state index is 4.40. The quantitative estimate of drug-likeness (QED) is 0.704. The highest BCUT2D eigenvalue weighted by Crippen LogP contribution is 2.23. The third-order valence-corrected chi connectivity index (χ3v) is 2.75. The second-order valence-corrected chi connectivity index (χ2v) is 4.58. The van der Waals surface area contributed by atoms with Crippen molar-refractivity contribution >= 4 is 11.7 Å². The molecule has 0 saturated carbocycles. The van der Waals surface area contributed by atoms with Gasteiger partial charge in [-0.3, -0.25) is 0 Å². The van der Waals surface area contributed by atoms with Crippen LogP contribution in [-0.4, -0.2) is 6.01 Å². The molecule has 2 aromatic carbocycles. The van der Waals surface area contributed by atoms with Crippen molar-refractivity contribution in [2.75, 3.05) is 0 Å². The summed E-state index contributed by atoms with van der Waals surface area (Å²) in [5, 5.41) is 0. The largest absolute Gasteiger partial charge is 0.214 e. The Hall–Kier alpha value is -2.18. The predicted molar refractivity (Wildman–Crippen MR) is 75.4 cm³/mol. The lowest BCUT2D eigenvalue weighted by molar-refractivity contribution is 0.562. The Morgan fingerprint density at radius 1 is 0.833 bits per heavy atom. The second-order valence-electron chi connectivity index (χ2n) is 4.58. The third kappa shape index (κ3) is 3.16. The molecule has 0 unspecified atom stereocenters. The van der Waals surface area contributed by atoms with E-state index in [0.29, 0.717) is 0 Å². The zero-order chi connectivity index (χ0) is 12.8. The lowest BCUT2D eigenvalue weighted by Gasteiger charge is -2.17. The van der Waals surface area contributed by atoms with Gasteiger partial charge in [-0.15, -0.1) is 0 Å². The molecule has 0 atom stereocenters. The van der Waals surface area contributed by atoms with Gasteiger partial charge in [0.25, 0.3) is 0 Å². The fourth-order valence-electron chi connectivity index (χ4n) is 1.62. The Kier molecular flexibility index (Phi) is 3.71. The van der Waals surface area contributed by atoms with Crippen molar-refractivity contribution < 1.29 is 0 Å². The molecule has 0 heterocycles. The molecule has 0 fully saturated rings. The molecule has 2 heteroatoms. The number of aliphatic imine (C=N–C) groups is 2. The average Bonchev–Trinajstić information content (AvgIpc) is 2.41. The molecular weight excluding hydrogens is 220 g/mol. The predicted octanol–water partition coefficient (Wildman–Crippen LogP) is 4.43. The summed E-state index contributed by atoms with van der Waals surface area (Å²) in [4.78, 5) is 8.61. The van der Waals surface area contributed by atoms with E-state index in [9.17, 15) is 0 Å². The average molecular weight is 236 g/mol. The van der Waals surface area contributed by atoms with Crippen LogP contribution in [0.5, 0.6) is 0 Å². The molecule has 2 nitrogen and oxygen atoms in total. The maximum atomic E-state index is 4.40. The van der Waals surface area contributed by atoms with Crippen LogP contribution in [0.15, 0.2) is 70.6 Å². The number of rotatable bonds is 3. The third-order valence-electron chi connectivity index (χ3n) is 2.75. The summed E-state index contributed by atoms with van der Waals surface area (Å²) in [7, 11) is 0. The van der Waals surface area contributed by atoms with E-state index in [0.717, 1.165) is 11.3 Å². The molecule has 0 bridgehead atoms. The van der Waals surface area contributed by atoms with Gasteiger partial charge in [0.2, 0.25) is 0 Å². The van der Waals surface area contributed by atoms with E-state index in [2.05, 4.69) is 42.0 Å². The molecule has 90 valence electrons. The number of hydrogen-bond acceptors (Lipinski definition) is 2. The van der Waals surface area contributed by atoms with Gasteiger partial charge in [0.1, 0.15) is 0 Å². The van der Waals surface area contributed by atoms with Crippen molar-refractivity contribution in [1.82, 2.24) is 0 Å². The first kappa shape index (κ1) is 12.3. The fraction of sp³-hybridized carbons (Fsp3) is 0.188. The lowest BCUT2D eigenvalue weighted by atomic mass is 9.95. The molecule has 2 rings (SSSR count). The van der Waals surface area contributed by atoms with Crippen LogP contribution in [0.4, 0.5) is 5.69 Å². The molecule has 0 spiro atoms. The van der Waals surface area contributed by atoms with E-state index in [1.54, 1.807) is 0 Å². The zero-order valence-electron chi connectivity index (χ0n) is 10.7. The summed E-state index contributed by atoms with van der Waals surface area (Å²) in [6.45, 7) is 4.10. The molecule has 2 aromatic rings. The van der Waals surface area contributed by atoms with Crippen LogP contribution in [-0.2, 0) is 5.54 Å². The van der Waals surface area contributed by atoms with Gasteiger partial charge in [0, 0.05) is 0 Å². The van der Waals surface area contributed by atoms with Crippen LogP contribution in [0.3, 0.4) is 0 Å². The lowest BCUT2D eigenvalue weighted by Crippen LogP contribution is -2.12. The summed E-state index contributed by atoms with van der Waals surface area (Å²) in [5.41, 5.74) is 1.71. The van der Waals surface area contributed by atoms with Crippen molar-refractivity contribution in [3.05, 3.63) is 66.2 Å². The van der Waals surface area contributed by atoms with E-state index in [1.165, 1.54) is 0 Å². The molecule has 0 aliphatic carbocycles. The van der Waals surface area contributed by atoms with Gasteiger partial charge >= 0.3 is 0 Å². The SMILES string of the molecule is CC(C)(N=C=Nc1ccccc1)c1ccccc1. The van der Waals surface area contributed by atoms with Crippen LogP contribution in [0.2, 0.25) is 0 Å². The van der Waals surface area contributed by atoms with Crippen LogP contribution in [0.25, 0.3) is 0 Å². The van der Waals surface area contributed by atoms with Crippen molar-refractivity contribution in [3.63, 3.8) is 0 Å². The van der Waals surface area contributed by atoms with Crippen molar-refractivity contribution in [2.45, 2.75) is 19.4 Å².